The summed E-state index contributed by atoms with van der Waals surface area (Å²) in [7, 11) is 1.66. The van der Waals surface area contributed by atoms with Crippen LogP contribution in [0.4, 0.5) is 0 Å². The molecule has 4 nitrogen and oxygen atoms in total. The molecule has 0 atom stereocenters. The van der Waals surface area contributed by atoms with Crippen LogP contribution in [0.1, 0.15) is 36.8 Å². The van der Waals surface area contributed by atoms with Gasteiger partial charge in [0.05, 0.1) is 13.2 Å². The lowest BCUT2D eigenvalue weighted by molar-refractivity contribution is 0.116. The summed E-state index contributed by atoms with van der Waals surface area (Å²) in [6.45, 7) is 1.25. The second-order valence-electron chi connectivity index (χ2n) is 6.79. The molecule has 0 amide bonds. The average Bonchev–Trinajstić information content (AvgIpc) is 2.67. The van der Waals surface area contributed by atoms with Gasteiger partial charge >= 0.3 is 0 Å². The first-order chi connectivity index (χ1) is 12.6. The van der Waals surface area contributed by atoms with E-state index in [1.165, 1.54) is 0 Å². The number of halogens is 1. The van der Waals surface area contributed by atoms with E-state index >= 15 is 0 Å². The fraction of sp³-hybridized carbons (Fsp3) is 0.429. The predicted molar refractivity (Wildman–Crippen MR) is 104 cm³/mol. The SMILES string of the molecule is COc1cc(CNC2CCC(O)CC2)ccc1OCc1ccc(Cl)cc1. The number of aliphatic hydroxyl groups excluding tert-OH is 1. The molecule has 1 fully saturated rings. The third-order valence-corrected chi connectivity index (χ3v) is 5.08. The van der Waals surface area contributed by atoms with Gasteiger partial charge < -0.3 is 19.9 Å². The van der Waals surface area contributed by atoms with Crippen LogP contribution >= 0.6 is 11.6 Å². The lowest BCUT2D eigenvalue weighted by atomic mass is 9.93. The summed E-state index contributed by atoms with van der Waals surface area (Å²) in [5.41, 5.74) is 2.22. The molecule has 0 spiro atoms. The molecule has 0 heterocycles. The number of aliphatic hydroxyl groups is 1. The Morgan fingerprint density at radius 2 is 1.69 bits per heavy atom. The maximum Gasteiger partial charge on any atom is 0.161 e. The summed E-state index contributed by atoms with van der Waals surface area (Å²) in [5, 5.41) is 13.9. The van der Waals surface area contributed by atoms with E-state index < -0.39 is 0 Å². The zero-order valence-electron chi connectivity index (χ0n) is 15.1. The van der Waals surface area contributed by atoms with Crippen molar-refractivity contribution in [2.75, 3.05) is 7.11 Å². The van der Waals surface area contributed by atoms with Gasteiger partial charge in [0.15, 0.2) is 11.5 Å². The summed E-state index contributed by atoms with van der Waals surface area (Å²) in [5.74, 6) is 1.46. The Balaban J connectivity index is 1.55. The smallest absolute Gasteiger partial charge is 0.161 e. The van der Waals surface area contributed by atoms with Gasteiger partial charge in [0, 0.05) is 17.6 Å². The minimum atomic E-state index is -0.120. The highest BCUT2D eigenvalue weighted by molar-refractivity contribution is 6.30. The highest BCUT2D eigenvalue weighted by Crippen LogP contribution is 2.29. The molecule has 0 saturated heterocycles. The maximum atomic E-state index is 9.59. The van der Waals surface area contributed by atoms with Crippen molar-refractivity contribution in [1.29, 1.82) is 0 Å². The van der Waals surface area contributed by atoms with Gasteiger partial charge in [0.25, 0.3) is 0 Å². The third kappa shape index (κ3) is 5.37. The Hall–Kier alpha value is -1.75. The van der Waals surface area contributed by atoms with E-state index in [4.69, 9.17) is 21.1 Å². The number of nitrogens with one attached hydrogen (secondary N) is 1. The normalized spacial score (nSPS) is 20.0. The summed E-state index contributed by atoms with van der Waals surface area (Å²) in [4.78, 5) is 0. The minimum absolute atomic E-state index is 0.120. The molecule has 0 bridgehead atoms. The molecule has 0 aromatic heterocycles. The lowest BCUT2D eigenvalue weighted by Crippen LogP contribution is -2.34. The van der Waals surface area contributed by atoms with Gasteiger partial charge in [-0.1, -0.05) is 29.8 Å². The van der Waals surface area contributed by atoms with Crippen LogP contribution < -0.4 is 14.8 Å². The second kappa shape index (κ2) is 9.26. The van der Waals surface area contributed by atoms with Crippen LogP contribution in [0.25, 0.3) is 0 Å². The highest BCUT2D eigenvalue weighted by atomic mass is 35.5. The van der Waals surface area contributed by atoms with E-state index in [2.05, 4.69) is 11.4 Å². The van der Waals surface area contributed by atoms with E-state index in [1.54, 1.807) is 7.11 Å². The van der Waals surface area contributed by atoms with Crippen LogP contribution in [0.3, 0.4) is 0 Å². The van der Waals surface area contributed by atoms with Gasteiger partial charge in [-0.05, 0) is 61.1 Å². The van der Waals surface area contributed by atoms with E-state index in [1.807, 2.05) is 36.4 Å². The Morgan fingerprint density at radius 1 is 1.00 bits per heavy atom. The predicted octanol–water partition coefficient (Wildman–Crippen LogP) is 4.32. The summed E-state index contributed by atoms with van der Waals surface area (Å²) in [6.07, 6.45) is 3.71. The van der Waals surface area contributed by atoms with Gasteiger partial charge in [-0.3, -0.25) is 0 Å². The quantitative estimate of drug-likeness (QED) is 0.756. The van der Waals surface area contributed by atoms with Gasteiger partial charge in [-0.2, -0.15) is 0 Å². The number of rotatable bonds is 7. The van der Waals surface area contributed by atoms with Crippen LogP contribution in [0.5, 0.6) is 11.5 Å². The summed E-state index contributed by atoms with van der Waals surface area (Å²) in [6, 6.07) is 14.1. The van der Waals surface area contributed by atoms with E-state index in [0.29, 0.717) is 12.6 Å². The van der Waals surface area contributed by atoms with Crippen LogP contribution in [0, 0.1) is 0 Å². The molecular formula is C21H26ClNO3. The van der Waals surface area contributed by atoms with Crippen molar-refractivity contribution in [2.45, 2.75) is 51.0 Å². The average molecular weight is 376 g/mol. The minimum Gasteiger partial charge on any atom is -0.493 e. The van der Waals surface area contributed by atoms with Crippen LogP contribution in [-0.2, 0) is 13.2 Å². The Kier molecular flexibility index (Phi) is 6.78. The molecule has 2 N–H and O–H groups in total. The standard InChI is InChI=1S/C21H26ClNO3/c1-25-21-12-16(13-23-18-7-9-19(24)10-8-18)4-11-20(21)26-14-15-2-5-17(22)6-3-15/h2-6,11-12,18-19,23-24H,7-10,13-14H2,1H3. The fourth-order valence-electron chi connectivity index (χ4n) is 3.23. The molecule has 5 heteroatoms. The van der Waals surface area contributed by atoms with Crippen molar-refractivity contribution >= 4 is 11.6 Å². The van der Waals surface area contributed by atoms with E-state index in [-0.39, 0.29) is 6.10 Å². The largest absolute Gasteiger partial charge is 0.493 e. The number of benzene rings is 2. The van der Waals surface area contributed by atoms with E-state index in [9.17, 15) is 5.11 Å². The number of hydrogen-bond donors (Lipinski definition) is 2. The second-order valence-corrected chi connectivity index (χ2v) is 7.22. The van der Waals surface area contributed by atoms with Crippen molar-refractivity contribution < 1.29 is 14.6 Å². The maximum absolute atomic E-state index is 9.59. The molecule has 2 aromatic carbocycles. The van der Waals surface area contributed by atoms with Crippen molar-refractivity contribution in [3.05, 3.63) is 58.6 Å². The molecule has 26 heavy (non-hydrogen) atoms. The Labute approximate surface area is 160 Å². The molecule has 1 saturated carbocycles. The monoisotopic (exact) mass is 375 g/mol. The molecule has 140 valence electrons. The molecule has 3 rings (SSSR count). The molecule has 0 aliphatic heterocycles. The van der Waals surface area contributed by atoms with Gasteiger partial charge in [0.1, 0.15) is 6.61 Å². The van der Waals surface area contributed by atoms with Crippen molar-refractivity contribution in [1.82, 2.24) is 5.32 Å². The Bertz CT molecular complexity index is 697. The summed E-state index contributed by atoms with van der Waals surface area (Å²) < 4.78 is 11.4. The van der Waals surface area contributed by atoms with Crippen LogP contribution in [0.15, 0.2) is 42.5 Å². The number of hydrogen-bond acceptors (Lipinski definition) is 4. The number of methoxy groups -OCH3 is 1. The molecule has 0 unspecified atom stereocenters. The van der Waals surface area contributed by atoms with Gasteiger partial charge in [-0.15, -0.1) is 0 Å². The molecule has 1 aliphatic rings. The van der Waals surface area contributed by atoms with E-state index in [0.717, 1.165) is 59.9 Å². The molecule has 0 radical (unpaired) electrons. The zero-order chi connectivity index (χ0) is 18.4. The third-order valence-electron chi connectivity index (χ3n) is 4.83. The molecule has 1 aliphatic carbocycles. The van der Waals surface area contributed by atoms with Gasteiger partial charge in [0.2, 0.25) is 0 Å². The summed E-state index contributed by atoms with van der Waals surface area (Å²) >= 11 is 5.91. The van der Waals surface area contributed by atoms with Crippen molar-refractivity contribution in [3.8, 4) is 11.5 Å². The van der Waals surface area contributed by atoms with Crippen molar-refractivity contribution in [3.63, 3.8) is 0 Å². The first-order valence-electron chi connectivity index (χ1n) is 9.09. The fourth-order valence-corrected chi connectivity index (χ4v) is 3.35. The zero-order valence-corrected chi connectivity index (χ0v) is 15.8. The number of ether oxygens (including phenoxy) is 2. The van der Waals surface area contributed by atoms with Crippen molar-refractivity contribution in [2.24, 2.45) is 0 Å². The molecular weight excluding hydrogens is 350 g/mol. The first-order valence-corrected chi connectivity index (χ1v) is 9.47. The topological polar surface area (TPSA) is 50.7 Å². The van der Waals surface area contributed by atoms with Gasteiger partial charge in [-0.25, -0.2) is 0 Å². The lowest BCUT2D eigenvalue weighted by Gasteiger charge is -2.26. The molecule has 2 aromatic rings. The highest BCUT2D eigenvalue weighted by Gasteiger charge is 2.18. The van der Waals surface area contributed by atoms with Crippen LogP contribution in [-0.4, -0.2) is 24.4 Å². The van der Waals surface area contributed by atoms with Crippen LogP contribution in [0.2, 0.25) is 5.02 Å². The Morgan fingerprint density at radius 3 is 2.38 bits per heavy atom. The first kappa shape index (κ1) is 19.0.